The summed E-state index contributed by atoms with van der Waals surface area (Å²) in [7, 11) is 0. The fourth-order valence-electron chi connectivity index (χ4n) is 4.71. The van der Waals surface area contributed by atoms with Crippen molar-refractivity contribution in [3.63, 3.8) is 0 Å². The Bertz CT molecular complexity index is 1530. The first kappa shape index (κ1) is 42.9. The van der Waals surface area contributed by atoms with Crippen molar-refractivity contribution < 1.29 is 23.3 Å². The standard InChI is InChI=1S/2C16H13.C3H6Cl3Si.CH3.2ClH.Si.Zr/c2*1-12-10-14-8-5-9-15(16(14)11-12)13-6-3-2-4-7-13;1-2-3-7(4,5)6;;;;;/h2*2-11H,1H3;1-3H2;1H3;2*1H;;/q4*-1;;;;. The molecule has 2 radical (unpaired) electrons. The van der Waals surface area contributed by atoms with Crippen LogP contribution in [0.5, 0.6) is 0 Å². The summed E-state index contributed by atoms with van der Waals surface area (Å²) in [5, 5.41) is 5.37. The predicted octanol–water partition coefficient (Wildman–Crippen LogP) is 12.8. The number of hydrogen-bond donors (Lipinski definition) is 0. The zero-order valence-corrected chi connectivity index (χ0v) is 33.5. The zero-order chi connectivity index (χ0) is 29.8. The minimum absolute atomic E-state index is 0. The van der Waals surface area contributed by atoms with Crippen molar-refractivity contribution in [2.24, 2.45) is 0 Å². The van der Waals surface area contributed by atoms with Crippen LogP contribution in [0.15, 0.2) is 121 Å². The molecule has 0 spiro atoms. The summed E-state index contributed by atoms with van der Waals surface area (Å²) < 4.78 is 0. The molecule has 0 saturated heterocycles. The second-order valence-electron chi connectivity index (χ2n) is 9.63. The average Bonchev–Trinajstić information content (AvgIpc) is 3.55. The second kappa shape index (κ2) is 21.6. The van der Waals surface area contributed by atoms with Crippen molar-refractivity contribution in [2.45, 2.75) is 26.3 Å². The van der Waals surface area contributed by atoms with Crippen molar-refractivity contribution >= 4 is 92.5 Å². The molecule has 6 rings (SSSR count). The quantitative estimate of drug-likeness (QED) is 0.0947. The van der Waals surface area contributed by atoms with Crippen LogP contribution < -0.4 is 0 Å². The molecular formula is C36H37Cl5Si2Zr-4. The zero-order valence-electron chi connectivity index (χ0n) is 25.1. The van der Waals surface area contributed by atoms with Gasteiger partial charge in [-0.15, -0.1) is 127 Å². The van der Waals surface area contributed by atoms with Crippen LogP contribution in [-0.4, -0.2) is 12.9 Å². The number of aryl methyl sites for hydroxylation is 2. The van der Waals surface area contributed by atoms with Gasteiger partial charge in [0.1, 0.15) is 0 Å². The van der Waals surface area contributed by atoms with E-state index in [4.69, 9.17) is 33.2 Å². The van der Waals surface area contributed by atoms with E-state index in [-0.39, 0.29) is 32.2 Å². The molecule has 0 saturated carbocycles. The third-order valence-electron chi connectivity index (χ3n) is 6.42. The molecule has 8 heteroatoms. The molecule has 0 aliphatic heterocycles. The van der Waals surface area contributed by atoms with E-state index in [1.807, 2.05) is 0 Å². The molecule has 0 aliphatic rings. The Hall–Kier alpha value is -1.13. The van der Waals surface area contributed by atoms with E-state index >= 15 is 0 Å². The molecule has 6 aromatic carbocycles. The summed E-state index contributed by atoms with van der Waals surface area (Å²) in [6.45, 7) is 10.9. The summed E-state index contributed by atoms with van der Waals surface area (Å²) in [5.74, 6) is 0. The van der Waals surface area contributed by atoms with E-state index < -0.39 is 6.00 Å². The van der Waals surface area contributed by atoms with Gasteiger partial charge in [0.15, 0.2) is 0 Å². The minimum atomic E-state index is -2.30. The number of benzene rings is 4. The Morgan fingerprint density at radius 3 is 1.30 bits per heavy atom. The van der Waals surface area contributed by atoms with Crippen LogP contribution in [0.25, 0.3) is 43.8 Å². The third-order valence-corrected chi connectivity index (χ3v) is 9.04. The van der Waals surface area contributed by atoms with Crippen LogP contribution in [0.1, 0.15) is 17.5 Å². The van der Waals surface area contributed by atoms with Crippen molar-refractivity contribution in [2.75, 3.05) is 0 Å². The van der Waals surface area contributed by atoms with E-state index in [0.29, 0.717) is 6.04 Å². The molecule has 0 heterocycles. The molecule has 6 aromatic rings. The topological polar surface area (TPSA) is 0 Å². The fraction of sp³-hybridized carbons (Fsp3) is 0.111. The Morgan fingerprint density at radius 2 is 1.00 bits per heavy atom. The SMILES string of the molecule is Cc1cc2c(-c3ccccc3)cccc2[cH-]1.Cc1cc2c(-c3ccccc3)cccc2[cH-]1.Cl.Cl.[CH2-]CC[Si](Cl)(Cl)Cl.[CH3-].[Si]=[Zr]. The molecule has 0 amide bonds. The van der Waals surface area contributed by atoms with Gasteiger partial charge in [-0.2, -0.15) is 18.6 Å². The maximum absolute atomic E-state index is 5.46. The Kier molecular flexibility index (Phi) is 21.1. The van der Waals surface area contributed by atoms with Gasteiger partial charge in [0.2, 0.25) is 0 Å². The van der Waals surface area contributed by atoms with Gasteiger partial charge in [0.25, 0.3) is 0 Å². The Morgan fingerprint density at radius 1 is 0.636 bits per heavy atom. The number of halogens is 5. The number of rotatable bonds is 4. The summed E-state index contributed by atoms with van der Waals surface area (Å²) in [6, 6.07) is 41.5. The fourth-order valence-corrected chi connectivity index (χ4v) is 6.31. The molecule has 0 N–H and O–H groups in total. The van der Waals surface area contributed by atoms with Crippen LogP contribution >= 0.6 is 58.1 Å². The Balaban J connectivity index is 0.000000633. The summed E-state index contributed by atoms with van der Waals surface area (Å²) in [6.07, 6.45) is 0.725. The monoisotopic (exact) mass is 790 g/mol. The molecule has 0 aromatic heterocycles. The van der Waals surface area contributed by atoms with E-state index in [2.05, 4.69) is 149 Å². The second-order valence-corrected chi connectivity index (χ2v) is 18.9. The van der Waals surface area contributed by atoms with Gasteiger partial charge in [-0.1, -0.05) is 97.8 Å². The normalized spacial score (nSPS) is 9.84. The molecule has 0 atom stereocenters. The van der Waals surface area contributed by atoms with Crippen LogP contribution in [0.2, 0.25) is 6.04 Å². The molecule has 0 aliphatic carbocycles. The van der Waals surface area contributed by atoms with Gasteiger partial charge in [-0.25, -0.2) is 0 Å². The van der Waals surface area contributed by atoms with Gasteiger partial charge in [0.05, 0.1) is 0 Å². The molecule has 232 valence electrons. The van der Waals surface area contributed by atoms with Crippen LogP contribution in [-0.2, 0) is 23.3 Å². The summed E-state index contributed by atoms with van der Waals surface area (Å²) in [4.78, 5) is 0. The van der Waals surface area contributed by atoms with Gasteiger partial charge in [-0.05, 0) is 17.2 Å². The number of hydrogen-bond acceptors (Lipinski definition) is 0. The van der Waals surface area contributed by atoms with Gasteiger partial charge < -0.3 is 14.4 Å². The van der Waals surface area contributed by atoms with Crippen molar-refractivity contribution in [3.8, 4) is 22.3 Å². The van der Waals surface area contributed by atoms with Gasteiger partial charge in [0, 0.05) is 0 Å². The summed E-state index contributed by atoms with van der Waals surface area (Å²) in [5.41, 5.74) is 7.89. The first-order chi connectivity index (χ1) is 19.7. The first-order valence-corrected chi connectivity index (χ1v) is 22.7. The summed E-state index contributed by atoms with van der Waals surface area (Å²) >= 11 is 17.7. The van der Waals surface area contributed by atoms with Gasteiger partial charge >= 0.3 is 36.2 Å². The van der Waals surface area contributed by atoms with Crippen molar-refractivity contribution in [1.29, 1.82) is 0 Å². The van der Waals surface area contributed by atoms with E-state index in [1.54, 1.807) is 0 Å². The van der Waals surface area contributed by atoms with Crippen LogP contribution in [0, 0.1) is 28.2 Å². The van der Waals surface area contributed by atoms with Crippen molar-refractivity contribution in [1.82, 2.24) is 0 Å². The third kappa shape index (κ3) is 12.9. The predicted molar refractivity (Wildman–Crippen MR) is 204 cm³/mol. The maximum atomic E-state index is 5.46. The van der Waals surface area contributed by atoms with Gasteiger partial charge in [-0.3, -0.25) is 0 Å². The average molecular weight is 794 g/mol. The van der Waals surface area contributed by atoms with E-state index in [9.17, 15) is 0 Å². The van der Waals surface area contributed by atoms with E-state index in [0.717, 1.165) is 6.42 Å². The Labute approximate surface area is 308 Å². The first-order valence-electron chi connectivity index (χ1n) is 13.3. The number of fused-ring (bicyclic) bond motifs is 2. The molecule has 0 unspecified atom stereocenters. The molecule has 44 heavy (non-hydrogen) atoms. The van der Waals surface area contributed by atoms with Crippen LogP contribution in [0.3, 0.4) is 0 Å². The molecule has 0 nitrogen and oxygen atoms in total. The molecule has 0 fully saturated rings. The van der Waals surface area contributed by atoms with Crippen LogP contribution in [0.4, 0.5) is 0 Å². The van der Waals surface area contributed by atoms with E-state index in [1.165, 1.54) is 78.3 Å². The molecular weight excluding hydrogens is 757 g/mol. The molecule has 0 bridgehead atoms. The van der Waals surface area contributed by atoms with Crippen molar-refractivity contribution in [3.05, 3.63) is 147 Å².